The zero-order chi connectivity index (χ0) is 12.2. The van der Waals surface area contributed by atoms with Crippen molar-refractivity contribution in [3.63, 3.8) is 0 Å². The molecule has 0 saturated carbocycles. The topological polar surface area (TPSA) is 66.8 Å². The predicted molar refractivity (Wildman–Crippen MR) is 62.0 cm³/mol. The average molecular weight is 249 g/mol. The van der Waals surface area contributed by atoms with E-state index in [1.54, 1.807) is 0 Å². The van der Waals surface area contributed by atoms with Crippen LogP contribution in [-0.2, 0) is 20.3 Å². The Kier molecular flexibility index (Phi) is 4.89. The van der Waals surface area contributed by atoms with Crippen molar-refractivity contribution in [1.82, 2.24) is 4.90 Å². The van der Waals surface area contributed by atoms with Crippen molar-refractivity contribution in [2.75, 3.05) is 38.6 Å². The number of carboxylic acids is 1. The molecule has 1 rings (SSSR count). The Bertz CT molecular complexity index is 274. The number of carbonyl (C=O) groups is 1. The van der Waals surface area contributed by atoms with Crippen LogP contribution in [0.2, 0.25) is 0 Å². The van der Waals surface area contributed by atoms with E-state index in [1.807, 2.05) is 0 Å². The third kappa shape index (κ3) is 3.54. The van der Waals surface area contributed by atoms with Gasteiger partial charge in [-0.05, 0) is 13.8 Å². The Balaban J connectivity index is 2.37. The molecule has 0 amide bonds. The average Bonchev–Trinajstić information content (AvgIpc) is 2.27. The summed E-state index contributed by atoms with van der Waals surface area (Å²) in [6, 6.07) is 0. The Hall–Kier alpha value is -0.460. The maximum Gasteiger partial charge on any atom is 0.321 e. The van der Waals surface area contributed by atoms with E-state index in [1.165, 1.54) is 13.8 Å². The van der Waals surface area contributed by atoms with Gasteiger partial charge in [-0.25, -0.2) is 0 Å². The van der Waals surface area contributed by atoms with E-state index < -0.39 is 21.5 Å². The number of nitrogens with zero attached hydrogens (tertiary/aromatic N) is 1. The molecule has 1 unspecified atom stereocenters. The number of morpholine rings is 1. The summed E-state index contributed by atoms with van der Waals surface area (Å²) in [5.74, 6) is -0.605. The van der Waals surface area contributed by atoms with Gasteiger partial charge >= 0.3 is 5.97 Å². The lowest BCUT2D eigenvalue weighted by molar-refractivity contribution is -0.139. The first kappa shape index (κ1) is 13.6. The molecule has 0 aromatic carbocycles. The lowest BCUT2D eigenvalue weighted by Gasteiger charge is -2.27. The first-order valence-corrected chi connectivity index (χ1v) is 6.68. The van der Waals surface area contributed by atoms with E-state index in [0.717, 1.165) is 13.1 Å². The van der Waals surface area contributed by atoms with E-state index in [-0.39, 0.29) is 0 Å². The monoisotopic (exact) mass is 249 g/mol. The fourth-order valence-corrected chi connectivity index (χ4v) is 2.52. The second kappa shape index (κ2) is 5.75. The third-order valence-corrected chi connectivity index (χ3v) is 4.65. The van der Waals surface area contributed by atoms with Crippen LogP contribution in [0.1, 0.15) is 13.8 Å². The molecule has 1 fully saturated rings. The number of hydrogen-bond donors (Lipinski definition) is 1. The summed E-state index contributed by atoms with van der Waals surface area (Å²) in [6.45, 7) is 6.77. The minimum atomic E-state index is -1.34. The van der Waals surface area contributed by atoms with Gasteiger partial charge in [0.1, 0.15) is 4.75 Å². The Morgan fingerprint density at radius 3 is 2.50 bits per heavy atom. The van der Waals surface area contributed by atoms with E-state index in [0.29, 0.717) is 25.5 Å². The van der Waals surface area contributed by atoms with Crippen LogP contribution >= 0.6 is 0 Å². The molecular formula is C10H19NO4S. The molecule has 1 N–H and O–H groups in total. The van der Waals surface area contributed by atoms with Crippen molar-refractivity contribution in [2.45, 2.75) is 18.6 Å². The lowest BCUT2D eigenvalue weighted by atomic mass is 10.2. The fourth-order valence-electron chi connectivity index (χ4n) is 1.39. The van der Waals surface area contributed by atoms with Crippen LogP contribution < -0.4 is 0 Å². The predicted octanol–water partition coefficient (Wildman–Crippen LogP) is -0.0695. The third-order valence-electron chi connectivity index (χ3n) is 2.78. The van der Waals surface area contributed by atoms with Crippen LogP contribution in [0.5, 0.6) is 0 Å². The molecule has 0 aliphatic carbocycles. The van der Waals surface area contributed by atoms with E-state index >= 15 is 0 Å². The van der Waals surface area contributed by atoms with Gasteiger partial charge in [-0.3, -0.25) is 13.9 Å². The molecule has 1 heterocycles. The standard InChI is InChI=1S/C10H19NO4S/c1-10(2,9(12)13)16(14)8-5-11-3-6-15-7-4-11/h3-8H2,1-2H3,(H,12,13). The summed E-state index contributed by atoms with van der Waals surface area (Å²) < 4.78 is 15.9. The van der Waals surface area contributed by atoms with Crippen molar-refractivity contribution in [2.24, 2.45) is 0 Å². The van der Waals surface area contributed by atoms with Crippen molar-refractivity contribution >= 4 is 16.8 Å². The van der Waals surface area contributed by atoms with Gasteiger partial charge in [0.2, 0.25) is 0 Å². The summed E-state index contributed by atoms with van der Waals surface area (Å²) in [7, 11) is -1.34. The second-order valence-corrected chi connectivity index (χ2v) is 6.44. The number of hydrogen-bond acceptors (Lipinski definition) is 4. The first-order chi connectivity index (χ1) is 7.44. The Labute approximate surface area is 98.2 Å². The molecule has 1 saturated heterocycles. The number of carboxylic acid groups (broad SMARTS) is 1. The van der Waals surface area contributed by atoms with Gasteiger partial charge in [0.25, 0.3) is 0 Å². The largest absolute Gasteiger partial charge is 0.480 e. The van der Waals surface area contributed by atoms with Gasteiger partial charge in [0, 0.05) is 36.2 Å². The van der Waals surface area contributed by atoms with Crippen LogP contribution in [0.25, 0.3) is 0 Å². The summed E-state index contributed by atoms with van der Waals surface area (Å²) in [5.41, 5.74) is 0. The molecule has 1 aliphatic rings. The molecule has 0 spiro atoms. The SMILES string of the molecule is CC(C)(C(=O)O)S(=O)CCN1CCOCC1. The normalized spacial score (nSPS) is 20.6. The van der Waals surface area contributed by atoms with Crippen LogP contribution in [-0.4, -0.2) is 63.5 Å². The highest BCUT2D eigenvalue weighted by Crippen LogP contribution is 2.13. The van der Waals surface area contributed by atoms with Gasteiger partial charge in [0.05, 0.1) is 13.2 Å². The quantitative estimate of drug-likeness (QED) is 0.739. The lowest BCUT2D eigenvalue weighted by Crippen LogP contribution is -2.43. The van der Waals surface area contributed by atoms with Crippen molar-refractivity contribution in [3.8, 4) is 0 Å². The molecule has 0 aromatic heterocycles. The maximum atomic E-state index is 11.8. The molecule has 6 heteroatoms. The summed E-state index contributed by atoms with van der Waals surface area (Å²) in [5, 5.41) is 8.92. The minimum Gasteiger partial charge on any atom is -0.480 e. The molecule has 94 valence electrons. The van der Waals surface area contributed by atoms with Crippen LogP contribution in [0.3, 0.4) is 0 Å². The zero-order valence-corrected chi connectivity index (χ0v) is 10.6. The summed E-state index contributed by atoms with van der Waals surface area (Å²) in [4.78, 5) is 13.0. The Morgan fingerprint density at radius 1 is 1.44 bits per heavy atom. The van der Waals surface area contributed by atoms with Crippen LogP contribution in [0.15, 0.2) is 0 Å². The second-order valence-electron chi connectivity index (χ2n) is 4.32. The number of rotatable bonds is 5. The number of aliphatic carboxylic acids is 1. The molecule has 0 radical (unpaired) electrons. The highest BCUT2D eigenvalue weighted by atomic mass is 32.2. The van der Waals surface area contributed by atoms with Crippen molar-refractivity contribution in [3.05, 3.63) is 0 Å². The van der Waals surface area contributed by atoms with Gasteiger partial charge in [0.15, 0.2) is 0 Å². The molecule has 5 nitrogen and oxygen atoms in total. The van der Waals surface area contributed by atoms with Crippen molar-refractivity contribution < 1.29 is 18.8 Å². The molecule has 0 bridgehead atoms. The molecule has 0 aromatic rings. The summed E-state index contributed by atoms with van der Waals surface area (Å²) in [6.07, 6.45) is 0. The van der Waals surface area contributed by atoms with E-state index in [2.05, 4.69) is 4.90 Å². The van der Waals surface area contributed by atoms with E-state index in [9.17, 15) is 9.00 Å². The molecule has 16 heavy (non-hydrogen) atoms. The van der Waals surface area contributed by atoms with Crippen LogP contribution in [0, 0.1) is 0 Å². The summed E-state index contributed by atoms with van der Waals surface area (Å²) >= 11 is 0. The molecular weight excluding hydrogens is 230 g/mol. The molecule has 1 aliphatic heterocycles. The van der Waals surface area contributed by atoms with E-state index in [4.69, 9.17) is 9.84 Å². The molecule has 1 atom stereocenters. The highest BCUT2D eigenvalue weighted by molar-refractivity contribution is 7.87. The minimum absolute atomic E-state index is 0.402. The van der Waals surface area contributed by atoms with Gasteiger partial charge in [-0.1, -0.05) is 0 Å². The highest BCUT2D eigenvalue weighted by Gasteiger charge is 2.34. The zero-order valence-electron chi connectivity index (χ0n) is 9.77. The number of ether oxygens (including phenoxy) is 1. The fraction of sp³-hybridized carbons (Fsp3) is 0.900. The van der Waals surface area contributed by atoms with Gasteiger partial charge in [-0.15, -0.1) is 0 Å². The van der Waals surface area contributed by atoms with Gasteiger partial charge < -0.3 is 9.84 Å². The maximum absolute atomic E-state index is 11.8. The van der Waals surface area contributed by atoms with Gasteiger partial charge in [-0.2, -0.15) is 0 Å². The smallest absolute Gasteiger partial charge is 0.321 e. The Morgan fingerprint density at radius 2 is 2.00 bits per heavy atom. The first-order valence-electron chi connectivity index (χ1n) is 5.36. The van der Waals surface area contributed by atoms with Crippen molar-refractivity contribution in [1.29, 1.82) is 0 Å². The van der Waals surface area contributed by atoms with Crippen LogP contribution in [0.4, 0.5) is 0 Å².